The third kappa shape index (κ3) is 3.49. The second-order valence-corrected chi connectivity index (χ2v) is 8.35. The number of piperidine rings is 1. The lowest BCUT2D eigenvalue weighted by molar-refractivity contribution is 0.135. The Kier molecular flexibility index (Phi) is 4.51. The van der Waals surface area contributed by atoms with Crippen molar-refractivity contribution in [2.45, 2.75) is 44.6 Å². The van der Waals surface area contributed by atoms with Gasteiger partial charge >= 0.3 is 0 Å². The van der Waals surface area contributed by atoms with Crippen LogP contribution in [-0.2, 0) is 18.4 Å². The Morgan fingerprint density at radius 3 is 2.86 bits per heavy atom. The number of hydrogen-bond donors (Lipinski definition) is 1. The van der Waals surface area contributed by atoms with Gasteiger partial charge in [0.25, 0.3) is 5.56 Å². The molecule has 1 aliphatic heterocycles. The highest BCUT2D eigenvalue weighted by atomic mass is 16.1. The van der Waals surface area contributed by atoms with Crippen LogP contribution < -0.4 is 5.56 Å². The second-order valence-electron chi connectivity index (χ2n) is 8.35. The van der Waals surface area contributed by atoms with Crippen LogP contribution in [0.25, 0.3) is 11.4 Å². The summed E-state index contributed by atoms with van der Waals surface area (Å²) in [5.74, 6) is 1.49. The number of H-pyrrole nitrogens is 1. The Morgan fingerprint density at radius 1 is 1.17 bits per heavy atom. The van der Waals surface area contributed by atoms with E-state index < -0.39 is 0 Å². The van der Waals surface area contributed by atoms with Gasteiger partial charge in [-0.15, -0.1) is 0 Å². The zero-order valence-corrected chi connectivity index (χ0v) is 16.7. The average molecular weight is 387 g/mol. The maximum absolute atomic E-state index is 11.8. The first-order valence-electron chi connectivity index (χ1n) is 10.3. The third-order valence-electron chi connectivity index (χ3n) is 6.23. The van der Waals surface area contributed by atoms with Gasteiger partial charge in [0.2, 0.25) is 0 Å². The molecule has 0 bridgehead atoms. The number of fused-ring (bicyclic) bond motifs is 2. The Bertz CT molecular complexity index is 1090. The lowest BCUT2D eigenvalue weighted by atomic mass is 9.77. The molecule has 6 heteroatoms. The van der Waals surface area contributed by atoms with Crippen LogP contribution in [0.15, 0.2) is 47.4 Å². The minimum absolute atomic E-state index is 0.0781. The van der Waals surface area contributed by atoms with Gasteiger partial charge in [0, 0.05) is 36.3 Å². The fourth-order valence-corrected chi connectivity index (χ4v) is 4.98. The molecular weight excluding hydrogens is 362 g/mol. The Balaban J connectivity index is 1.44. The number of nitrogens with zero attached hydrogens (tertiary/aromatic N) is 4. The van der Waals surface area contributed by atoms with Crippen LogP contribution in [-0.4, -0.2) is 37.9 Å². The maximum atomic E-state index is 11.8. The van der Waals surface area contributed by atoms with Gasteiger partial charge in [-0.05, 0) is 44.7 Å². The predicted molar refractivity (Wildman–Crippen MR) is 112 cm³/mol. The molecule has 2 aromatic heterocycles. The fraction of sp³-hybridized carbons (Fsp3) is 0.391. The number of hydrogen-bond acceptors (Lipinski definition) is 5. The van der Waals surface area contributed by atoms with E-state index in [1.165, 1.54) is 11.3 Å². The molecule has 1 N–H and O–H groups in total. The van der Waals surface area contributed by atoms with Crippen LogP contribution >= 0.6 is 0 Å². The van der Waals surface area contributed by atoms with E-state index in [-0.39, 0.29) is 11.0 Å². The highest BCUT2D eigenvalue weighted by molar-refractivity contribution is 5.55. The van der Waals surface area contributed by atoms with Gasteiger partial charge in [0.1, 0.15) is 5.82 Å². The summed E-state index contributed by atoms with van der Waals surface area (Å²) in [4.78, 5) is 31.2. The molecule has 3 heterocycles. The van der Waals surface area contributed by atoms with Crippen molar-refractivity contribution in [3.05, 3.63) is 75.7 Å². The molecule has 1 atom stereocenters. The number of rotatable bonds is 3. The van der Waals surface area contributed by atoms with Gasteiger partial charge in [-0.2, -0.15) is 0 Å². The second kappa shape index (κ2) is 7.19. The van der Waals surface area contributed by atoms with Crippen molar-refractivity contribution in [3.8, 4) is 11.4 Å². The standard InChI is InChI=1S/C23H25N5O/c1-16-25-19(12-20(29)26-16)14-28-11-5-9-23(15-28)10-8-18-13-24-22(27-21(18)23)17-6-3-2-4-7-17/h2-4,6-7,12-13H,5,8-11,14-15H2,1H3,(H,25,26,29). The first kappa shape index (κ1) is 18.2. The van der Waals surface area contributed by atoms with Crippen LogP contribution in [0.4, 0.5) is 0 Å². The topological polar surface area (TPSA) is 74.8 Å². The first-order chi connectivity index (χ1) is 14.1. The number of nitrogens with one attached hydrogen (secondary N) is 1. The molecule has 5 rings (SSSR count). The van der Waals surface area contributed by atoms with Crippen LogP contribution in [0.2, 0.25) is 0 Å². The molecular formula is C23H25N5O. The monoisotopic (exact) mass is 387 g/mol. The number of likely N-dealkylation sites (tertiary alicyclic amines) is 1. The molecule has 0 radical (unpaired) electrons. The van der Waals surface area contributed by atoms with Crippen molar-refractivity contribution < 1.29 is 0 Å². The molecule has 3 aromatic rings. The summed E-state index contributed by atoms with van der Waals surface area (Å²) in [6.45, 7) is 4.52. The number of benzene rings is 1. The summed E-state index contributed by atoms with van der Waals surface area (Å²) in [7, 11) is 0. The van der Waals surface area contributed by atoms with Crippen molar-refractivity contribution in [1.29, 1.82) is 0 Å². The molecule has 1 aromatic carbocycles. The van der Waals surface area contributed by atoms with Crippen LogP contribution in [0.1, 0.15) is 42.0 Å². The molecule has 1 saturated heterocycles. The zero-order valence-electron chi connectivity index (χ0n) is 16.7. The van der Waals surface area contributed by atoms with Crippen molar-refractivity contribution >= 4 is 0 Å². The van der Waals surface area contributed by atoms with Crippen molar-refractivity contribution in [1.82, 2.24) is 24.8 Å². The summed E-state index contributed by atoms with van der Waals surface area (Å²) in [6.07, 6.45) is 6.48. The molecule has 1 unspecified atom stereocenters. The van der Waals surface area contributed by atoms with Gasteiger partial charge in [0.15, 0.2) is 5.82 Å². The molecule has 6 nitrogen and oxygen atoms in total. The SMILES string of the molecule is Cc1nc(CN2CCCC3(CCc4cnc(-c5ccccc5)nc43)C2)cc(=O)[nH]1. The molecule has 0 saturated carbocycles. The molecule has 1 spiro atoms. The van der Waals surface area contributed by atoms with Gasteiger partial charge in [-0.3, -0.25) is 9.69 Å². The number of aryl methyl sites for hydroxylation is 2. The Hall–Kier alpha value is -2.86. The number of aromatic amines is 1. The summed E-state index contributed by atoms with van der Waals surface area (Å²) in [5, 5.41) is 0. The largest absolute Gasteiger partial charge is 0.311 e. The predicted octanol–water partition coefficient (Wildman–Crippen LogP) is 3.02. The van der Waals surface area contributed by atoms with Gasteiger partial charge in [-0.1, -0.05) is 30.3 Å². The van der Waals surface area contributed by atoms with Crippen molar-refractivity contribution in [2.75, 3.05) is 13.1 Å². The van der Waals surface area contributed by atoms with E-state index in [1.807, 2.05) is 31.3 Å². The van der Waals surface area contributed by atoms with E-state index in [0.717, 1.165) is 55.9 Å². The first-order valence-corrected chi connectivity index (χ1v) is 10.3. The molecule has 2 aliphatic rings. The molecule has 1 aliphatic carbocycles. The zero-order chi connectivity index (χ0) is 19.8. The molecule has 1 fully saturated rings. The summed E-state index contributed by atoms with van der Waals surface area (Å²) < 4.78 is 0. The van der Waals surface area contributed by atoms with E-state index >= 15 is 0 Å². The Morgan fingerprint density at radius 2 is 2.03 bits per heavy atom. The highest BCUT2D eigenvalue weighted by Gasteiger charge is 2.43. The summed E-state index contributed by atoms with van der Waals surface area (Å²) in [6, 6.07) is 11.8. The van der Waals surface area contributed by atoms with Crippen LogP contribution in [0.3, 0.4) is 0 Å². The van der Waals surface area contributed by atoms with Crippen LogP contribution in [0, 0.1) is 6.92 Å². The lowest BCUT2D eigenvalue weighted by Gasteiger charge is -2.40. The van der Waals surface area contributed by atoms with Crippen LogP contribution in [0.5, 0.6) is 0 Å². The molecule has 29 heavy (non-hydrogen) atoms. The van der Waals surface area contributed by atoms with Gasteiger partial charge in [-0.25, -0.2) is 15.0 Å². The summed E-state index contributed by atoms with van der Waals surface area (Å²) >= 11 is 0. The van der Waals surface area contributed by atoms with E-state index in [2.05, 4.69) is 32.0 Å². The molecule has 148 valence electrons. The smallest absolute Gasteiger partial charge is 0.251 e. The van der Waals surface area contributed by atoms with E-state index in [1.54, 1.807) is 6.07 Å². The van der Waals surface area contributed by atoms with Gasteiger partial charge in [0.05, 0.1) is 11.4 Å². The minimum atomic E-state index is -0.0781. The van der Waals surface area contributed by atoms with Crippen molar-refractivity contribution in [3.63, 3.8) is 0 Å². The minimum Gasteiger partial charge on any atom is -0.311 e. The van der Waals surface area contributed by atoms with E-state index in [9.17, 15) is 4.79 Å². The van der Waals surface area contributed by atoms with E-state index in [4.69, 9.17) is 4.98 Å². The normalized spacial score (nSPS) is 21.4. The van der Waals surface area contributed by atoms with Gasteiger partial charge < -0.3 is 4.98 Å². The third-order valence-corrected chi connectivity index (χ3v) is 6.23. The summed E-state index contributed by atoms with van der Waals surface area (Å²) in [5.41, 5.74) is 4.42. The number of aromatic nitrogens is 4. The van der Waals surface area contributed by atoms with E-state index in [0.29, 0.717) is 12.4 Å². The fourth-order valence-electron chi connectivity index (χ4n) is 4.98. The highest BCUT2D eigenvalue weighted by Crippen LogP contribution is 2.44. The quantitative estimate of drug-likeness (QED) is 0.748. The average Bonchev–Trinajstić information content (AvgIpc) is 3.05. The lowest BCUT2D eigenvalue weighted by Crippen LogP contribution is -2.45. The Labute approximate surface area is 170 Å². The maximum Gasteiger partial charge on any atom is 0.251 e. The van der Waals surface area contributed by atoms with Crippen molar-refractivity contribution in [2.24, 2.45) is 0 Å². The molecule has 0 amide bonds.